The molecule has 0 aliphatic heterocycles. The molecule has 0 saturated carbocycles. The van der Waals surface area contributed by atoms with E-state index >= 15 is 0 Å². The third-order valence-corrected chi connectivity index (χ3v) is 4.24. The van der Waals surface area contributed by atoms with Crippen molar-refractivity contribution in [3.8, 4) is 17.3 Å². The summed E-state index contributed by atoms with van der Waals surface area (Å²) in [6, 6.07) is 6.78. The van der Waals surface area contributed by atoms with Gasteiger partial charge in [0.2, 0.25) is 0 Å². The summed E-state index contributed by atoms with van der Waals surface area (Å²) in [7, 11) is 1.61. The van der Waals surface area contributed by atoms with Crippen LogP contribution in [-0.4, -0.2) is 14.2 Å². The minimum atomic E-state index is -4.49. The number of aromatic nitrogens is 3. The zero-order valence-electron chi connectivity index (χ0n) is 14.3. The first-order valence-electron chi connectivity index (χ1n) is 7.85. The van der Waals surface area contributed by atoms with Crippen molar-refractivity contribution in [3.63, 3.8) is 0 Å². The van der Waals surface area contributed by atoms with E-state index in [1.165, 1.54) is 18.3 Å². The summed E-state index contributed by atoms with van der Waals surface area (Å²) in [5.41, 5.74) is 0.124. The molecule has 0 radical (unpaired) electrons. The third-order valence-electron chi connectivity index (χ3n) is 4.24. The lowest BCUT2D eigenvalue weighted by Gasteiger charge is -2.19. The van der Waals surface area contributed by atoms with Crippen molar-refractivity contribution in [1.82, 2.24) is 14.2 Å². The molecule has 0 unspecified atom stereocenters. The topological polar surface area (TPSA) is 63.1 Å². The molecule has 0 atom stereocenters. The number of halogens is 3. The van der Waals surface area contributed by atoms with Gasteiger partial charge in [0.05, 0.1) is 17.5 Å². The minimum Gasteiger partial charge on any atom is -0.327 e. The second-order valence-electron chi connectivity index (χ2n) is 6.27. The van der Waals surface area contributed by atoms with Gasteiger partial charge in [-0.1, -0.05) is 26.0 Å². The maximum Gasteiger partial charge on any atom is 0.416 e. The number of benzene rings is 1. The lowest BCUT2D eigenvalue weighted by molar-refractivity contribution is -0.137. The molecule has 26 heavy (non-hydrogen) atoms. The van der Waals surface area contributed by atoms with Gasteiger partial charge in [-0.05, 0) is 23.6 Å². The lowest BCUT2D eigenvalue weighted by atomic mass is 9.96. The van der Waals surface area contributed by atoms with E-state index < -0.39 is 17.3 Å². The van der Waals surface area contributed by atoms with Crippen LogP contribution in [0.5, 0.6) is 0 Å². The van der Waals surface area contributed by atoms with Crippen molar-refractivity contribution in [3.05, 3.63) is 57.5 Å². The predicted molar refractivity (Wildman–Crippen MR) is 89.7 cm³/mol. The molecule has 0 aliphatic rings. The SMILES string of the molecule is CC(C)c1c(-c2cccc(C(F)(F)F)c2)n(C)c2c(C#N)cnn2c1=O. The first-order chi connectivity index (χ1) is 12.2. The molecule has 8 heteroatoms. The Balaban J connectivity index is 2.46. The van der Waals surface area contributed by atoms with Crippen molar-refractivity contribution in [2.24, 2.45) is 7.05 Å². The van der Waals surface area contributed by atoms with Crippen LogP contribution in [-0.2, 0) is 13.2 Å². The molecule has 2 aromatic heterocycles. The fourth-order valence-corrected chi connectivity index (χ4v) is 3.11. The van der Waals surface area contributed by atoms with Crippen molar-refractivity contribution in [2.75, 3.05) is 0 Å². The van der Waals surface area contributed by atoms with Crippen LogP contribution >= 0.6 is 0 Å². The zero-order valence-corrected chi connectivity index (χ0v) is 14.3. The van der Waals surface area contributed by atoms with Gasteiger partial charge >= 0.3 is 6.18 Å². The van der Waals surface area contributed by atoms with Crippen LogP contribution in [0.15, 0.2) is 35.3 Å². The second-order valence-corrected chi connectivity index (χ2v) is 6.27. The Labute approximate surface area is 146 Å². The molecule has 0 N–H and O–H groups in total. The molecule has 2 heterocycles. The average molecular weight is 360 g/mol. The summed E-state index contributed by atoms with van der Waals surface area (Å²) in [6.07, 6.45) is -3.22. The van der Waals surface area contributed by atoms with E-state index in [0.717, 1.165) is 16.6 Å². The van der Waals surface area contributed by atoms with Gasteiger partial charge < -0.3 is 4.57 Å². The number of nitriles is 1. The lowest BCUT2D eigenvalue weighted by Crippen LogP contribution is -2.25. The van der Waals surface area contributed by atoms with E-state index in [4.69, 9.17) is 0 Å². The fraction of sp³-hybridized carbons (Fsp3) is 0.278. The number of fused-ring (bicyclic) bond motifs is 1. The maximum absolute atomic E-state index is 13.1. The normalized spacial score (nSPS) is 11.9. The maximum atomic E-state index is 13.1. The monoisotopic (exact) mass is 360 g/mol. The highest BCUT2D eigenvalue weighted by Gasteiger charge is 2.31. The largest absolute Gasteiger partial charge is 0.416 e. The molecule has 1 aromatic carbocycles. The average Bonchev–Trinajstić information content (AvgIpc) is 3.01. The number of aryl methyl sites for hydroxylation is 1. The van der Waals surface area contributed by atoms with Gasteiger partial charge in [0.1, 0.15) is 11.6 Å². The highest BCUT2D eigenvalue weighted by molar-refractivity contribution is 5.70. The number of hydrogen-bond donors (Lipinski definition) is 0. The van der Waals surface area contributed by atoms with Gasteiger partial charge in [0.25, 0.3) is 5.56 Å². The summed E-state index contributed by atoms with van der Waals surface area (Å²) < 4.78 is 42.0. The fourth-order valence-electron chi connectivity index (χ4n) is 3.11. The van der Waals surface area contributed by atoms with E-state index in [1.807, 2.05) is 6.07 Å². The predicted octanol–water partition coefficient (Wildman–Crippen LogP) is 3.71. The first kappa shape index (κ1) is 17.7. The Bertz CT molecular complexity index is 1100. The second kappa shape index (κ2) is 6.02. The molecule has 0 aliphatic carbocycles. The summed E-state index contributed by atoms with van der Waals surface area (Å²) in [4.78, 5) is 12.9. The van der Waals surface area contributed by atoms with Gasteiger partial charge in [0.15, 0.2) is 5.65 Å². The summed E-state index contributed by atoms with van der Waals surface area (Å²) in [5.74, 6) is -0.252. The molecule has 5 nitrogen and oxygen atoms in total. The summed E-state index contributed by atoms with van der Waals surface area (Å²) in [5, 5.41) is 13.2. The highest BCUT2D eigenvalue weighted by atomic mass is 19.4. The molecule has 0 spiro atoms. The molecule has 0 amide bonds. The van der Waals surface area contributed by atoms with Crippen LogP contribution in [0.1, 0.15) is 36.5 Å². The van der Waals surface area contributed by atoms with Gasteiger partial charge in [-0.15, -0.1) is 0 Å². The summed E-state index contributed by atoms with van der Waals surface area (Å²) in [6.45, 7) is 3.57. The van der Waals surface area contributed by atoms with Gasteiger partial charge in [0, 0.05) is 12.6 Å². The van der Waals surface area contributed by atoms with Crippen LogP contribution in [0.2, 0.25) is 0 Å². The highest BCUT2D eigenvalue weighted by Crippen LogP contribution is 2.34. The van der Waals surface area contributed by atoms with Crippen molar-refractivity contribution < 1.29 is 13.2 Å². The van der Waals surface area contributed by atoms with Gasteiger partial charge in [-0.25, -0.2) is 0 Å². The summed E-state index contributed by atoms with van der Waals surface area (Å²) >= 11 is 0. The number of hydrogen-bond acceptors (Lipinski definition) is 3. The smallest absolute Gasteiger partial charge is 0.327 e. The molecule has 3 aromatic rings. The Morgan fingerprint density at radius 3 is 2.54 bits per heavy atom. The van der Waals surface area contributed by atoms with Crippen LogP contribution < -0.4 is 5.56 Å². The van der Waals surface area contributed by atoms with E-state index in [9.17, 15) is 23.2 Å². The van der Waals surface area contributed by atoms with Crippen LogP contribution in [0.25, 0.3) is 16.9 Å². The molecule has 0 fully saturated rings. The molecule has 0 saturated heterocycles. The van der Waals surface area contributed by atoms with Crippen molar-refractivity contribution in [2.45, 2.75) is 25.9 Å². The molecular weight excluding hydrogens is 345 g/mol. The van der Waals surface area contributed by atoms with Gasteiger partial charge in [-0.3, -0.25) is 4.79 Å². The molecule has 0 bridgehead atoms. The Hall–Kier alpha value is -3.08. The quantitative estimate of drug-likeness (QED) is 0.700. The number of alkyl halides is 3. The van der Waals surface area contributed by atoms with Crippen LogP contribution in [0, 0.1) is 11.3 Å². The first-order valence-corrected chi connectivity index (χ1v) is 7.85. The number of nitrogens with zero attached hydrogens (tertiary/aromatic N) is 4. The standard InChI is InChI=1S/C18H15F3N4O/c1-10(2)14-15(11-5-4-6-13(7-11)18(19,20)21)24(3)16-12(8-22)9-23-25(16)17(14)26/h4-7,9-10H,1-3H3. The van der Waals surface area contributed by atoms with Gasteiger partial charge in [-0.2, -0.15) is 28.0 Å². The van der Waals surface area contributed by atoms with E-state index in [0.29, 0.717) is 11.3 Å². The van der Waals surface area contributed by atoms with E-state index in [-0.39, 0.29) is 22.7 Å². The Morgan fingerprint density at radius 1 is 1.27 bits per heavy atom. The van der Waals surface area contributed by atoms with E-state index in [2.05, 4.69) is 5.10 Å². The Kier molecular flexibility index (Phi) is 4.11. The Morgan fingerprint density at radius 2 is 1.96 bits per heavy atom. The molecular formula is C18H15F3N4O. The minimum absolute atomic E-state index is 0.174. The van der Waals surface area contributed by atoms with E-state index in [1.54, 1.807) is 25.5 Å². The zero-order chi connectivity index (χ0) is 19.2. The third kappa shape index (κ3) is 2.65. The van der Waals surface area contributed by atoms with Crippen LogP contribution in [0.3, 0.4) is 0 Å². The van der Waals surface area contributed by atoms with Crippen LogP contribution in [0.4, 0.5) is 13.2 Å². The van der Waals surface area contributed by atoms with Crippen molar-refractivity contribution >= 4 is 5.65 Å². The molecule has 3 rings (SSSR count). The number of rotatable bonds is 2. The van der Waals surface area contributed by atoms with Crippen molar-refractivity contribution in [1.29, 1.82) is 5.26 Å². The molecule has 134 valence electrons.